The molecular weight excluding hydrogens is 496 g/mol. The zero-order valence-electron chi connectivity index (χ0n) is 21.0. The van der Waals surface area contributed by atoms with Crippen LogP contribution in [0, 0.1) is 19.8 Å². The molecule has 8 N–H and O–H groups in total. The number of aliphatic hydroxyl groups is 6. The number of phenols is 2. The molecule has 0 aromatic heterocycles. The monoisotopic (exact) mass is 532 g/mol. The van der Waals surface area contributed by atoms with Gasteiger partial charge in [0.1, 0.15) is 65.5 Å². The van der Waals surface area contributed by atoms with E-state index in [0.29, 0.717) is 0 Å². The van der Waals surface area contributed by atoms with E-state index in [4.69, 9.17) is 18.9 Å². The molecule has 0 aliphatic carbocycles. The Morgan fingerprint density at radius 3 is 2.14 bits per heavy atom. The molecule has 0 radical (unpaired) electrons. The van der Waals surface area contributed by atoms with Crippen LogP contribution < -0.4 is 4.74 Å². The summed E-state index contributed by atoms with van der Waals surface area (Å²) in [7, 11) is 0. The maximum absolute atomic E-state index is 13.0. The predicted molar refractivity (Wildman–Crippen MR) is 124 cm³/mol. The fourth-order valence-electron chi connectivity index (χ4n) is 4.25. The van der Waals surface area contributed by atoms with Crippen molar-refractivity contribution < 1.29 is 64.6 Å². The number of Topliss-reactive ketones (excluding diaryl/α,β-unsaturated/α-hetero) is 1. The molecule has 1 aromatic rings. The molecule has 1 aromatic carbocycles. The van der Waals surface area contributed by atoms with Crippen LogP contribution in [0.15, 0.2) is 0 Å². The average Bonchev–Trinajstić information content (AvgIpc) is 2.84. The molecule has 13 nitrogen and oxygen atoms in total. The van der Waals surface area contributed by atoms with Crippen molar-refractivity contribution in [2.75, 3.05) is 13.2 Å². The lowest BCUT2D eigenvalue weighted by Crippen LogP contribution is -2.61. The van der Waals surface area contributed by atoms with Gasteiger partial charge in [-0.25, -0.2) is 0 Å². The minimum atomic E-state index is -1.81. The first-order chi connectivity index (χ1) is 17.3. The van der Waals surface area contributed by atoms with E-state index in [1.54, 1.807) is 13.8 Å². The van der Waals surface area contributed by atoms with E-state index < -0.39 is 73.4 Å². The van der Waals surface area contributed by atoms with Crippen molar-refractivity contribution in [3.63, 3.8) is 0 Å². The number of benzene rings is 1. The molecule has 0 spiro atoms. The first kappa shape index (κ1) is 29.5. The van der Waals surface area contributed by atoms with E-state index in [2.05, 4.69) is 0 Å². The summed E-state index contributed by atoms with van der Waals surface area (Å²) in [5.41, 5.74) is -0.0861. The van der Waals surface area contributed by atoms with Crippen molar-refractivity contribution in [3.8, 4) is 17.2 Å². The number of carbonyl (C=O) groups excluding carboxylic acids is 1. The minimum Gasteiger partial charge on any atom is -0.507 e. The Hall–Kier alpha value is -2.07. The first-order valence-corrected chi connectivity index (χ1v) is 12.0. The average molecular weight is 533 g/mol. The van der Waals surface area contributed by atoms with Crippen molar-refractivity contribution in [2.45, 2.75) is 89.4 Å². The highest BCUT2D eigenvalue weighted by atomic mass is 16.7. The minimum absolute atomic E-state index is 0.0454. The molecule has 0 unspecified atom stereocenters. The van der Waals surface area contributed by atoms with Crippen LogP contribution in [0.25, 0.3) is 0 Å². The highest BCUT2D eigenvalue weighted by molar-refractivity contribution is 6.02. The lowest BCUT2D eigenvalue weighted by Gasteiger charge is -2.41. The summed E-state index contributed by atoms with van der Waals surface area (Å²) in [4.78, 5) is 13.0. The molecule has 210 valence electrons. The van der Waals surface area contributed by atoms with Gasteiger partial charge in [0.25, 0.3) is 0 Å². The van der Waals surface area contributed by atoms with Gasteiger partial charge in [-0.05, 0) is 19.8 Å². The first-order valence-electron chi connectivity index (χ1n) is 12.0. The fourth-order valence-corrected chi connectivity index (χ4v) is 4.25. The van der Waals surface area contributed by atoms with E-state index in [0.717, 1.165) is 0 Å². The third-order valence-electron chi connectivity index (χ3n) is 6.52. The molecule has 0 bridgehead atoms. The van der Waals surface area contributed by atoms with E-state index in [-0.39, 0.29) is 47.1 Å². The lowest BCUT2D eigenvalue weighted by molar-refractivity contribution is -0.307. The third-order valence-corrected chi connectivity index (χ3v) is 6.52. The Morgan fingerprint density at radius 2 is 1.51 bits per heavy atom. The van der Waals surface area contributed by atoms with Gasteiger partial charge in [-0.2, -0.15) is 0 Å². The third kappa shape index (κ3) is 6.00. The Morgan fingerprint density at radius 1 is 0.892 bits per heavy atom. The lowest BCUT2D eigenvalue weighted by atomic mass is 9.94. The number of rotatable bonds is 8. The van der Waals surface area contributed by atoms with Crippen LogP contribution in [-0.2, 0) is 14.2 Å². The molecule has 0 amide bonds. The summed E-state index contributed by atoms with van der Waals surface area (Å²) in [6.07, 6.45) is -14.1. The van der Waals surface area contributed by atoms with Crippen LogP contribution >= 0.6 is 0 Å². The number of aliphatic hydroxyl groups excluding tert-OH is 6. The van der Waals surface area contributed by atoms with Gasteiger partial charge in [0.15, 0.2) is 12.1 Å². The van der Waals surface area contributed by atoms with Gasteiger partial charge < -0.3 is 59.8 Å². The van der Waals surface area contributed by atoms with Crippen LogP contribution in [0.3, 0.4) is 0 Å². The van der Waals surface area contributed by atoms with E-state index in [9.17, 15) is 45.6 Å². The summed E-state index contributed by atoms with van der Waals surface area (Å²) in [6.45, 7) is 5.64. The van der Waals surface area contributed by atoms with E-state index >= 15 is 0 Å². The summed E-state index contributed by atoms with van der Waals surface area (Å²) in [5.74, 6) is -1.66. The Balaban J connectivity index is 1.85. The molecule has 2 heterocycles. The largest absolute Gasteiger partial charge is 0.507 e. The summed E-state index contributed by atoms with van der Waals surface area (Å²) in [6, 6.07) is 0. The van der Waals surface area contributed by atoms with Crippen LogP contribution in [0.1, 0.15) is 41.8 Å². The number of aromatic hydroxyl groups is 2. The van der Waals surface area contributed by atoms with Gasteiger partial charge in [0.2, 0.25) is 6.29 Å². The standard InChI is InChI=1S/C24H36O13/c1-8(2)5-11(25)14-16(28)9(3)15(27)10(4)22(14)37-24-21(33)19(31)18(30)13(36-24)7-35-23-20(32)17(29)12(26)6-34-23/h8,12-13,17-21,23-24,26-33H,5-7H2,1-4H3/t12-,13-,17+,18-,19+,20-,21-,23+,24+/m1/s1. The molecule has 0 saturated carbocycles. The van der Waals surface area contributed by atoms with Crippen LogP contribution in [-0.4, -0.2) is 115 Å². The quantitative estimate of drug-likeness (QED) is 0.181. The second kappa shape index (κ2) is 11.8. The normalized spacial score (nSPS) is 34.5. The second-order valence-corrected chi connectivity index (χ2v) is 9.89. The maximum Gasteiger partial charge on any atom is 0.229 e. The molecule has 2 aliphatic rings. The number of ether oxygens (including phenoxy) is 4. The van der Waals surface area contributed by atoms with E-state index in [1.165, 1.54) is 13.8 Å². The molecular formula is C24H36O13. The van der Waals surface area contributed by atoms with Gasteiger partial charge in [0.05, 0.1) is 13.2 Å². The Labute approximate surface area is 213 Å². The molecule has 13 heteroatoms. The molecule has 2 aliphatic heterocycles. The fraction of sp³-hybridized carbons (Fsp3) is 0.708. The predicted octanol–water partition coefficient (Wildman–Crippen LogP) is -1.41. The van der Waals surface area contributed by atoms with Gasteiger partial charge in [0, 0.05) is 17.5 Å². The zero-order valence-corrected chi connectivity index (χ0v) is 21.0. The van der Waals surface area contributed by atoms with Crippen LogP contribution in [0.2, 0.25) is 0 Å². The Kier molecular flexibility index (Phi) is 9.37. The maximum atomic E-state index is 13.0. The topological polar surface area (TPSA) is 216 Å². The van der Waals surface area contributed by atoms with Gasteiger partial charge in [-0.1, -0.05) is 13.8 Å². The van der Waals surface area contributed by atoms with Crippen molar-refractivity contribution in [2.24, 2.45) is 5.92 Å². The van der Waals surface area contributed by atoms with Crippen LogP contribution in [0.4, 0.5) is 0 Å². The van der Waals surface area contributed by atoms with Crippen molar-refractivity contribution in [3.05, 3.63) is 16.7 Å². The van der Waals surface area contributed by atoms with Gasteiger partial charge in [-0.15, -0.1) is 0 Å². The van der Waals surface area contributed by atoms with Crippen molar-refractivity contribution >= 4 is 5.78 Å². The number of hydrogen-bond donors (Lipinski definition) is 8. The summed E-state index contributed by atoms with van der Waals surface area (Å²) < 4.78 is 21.9. The zero-order chi connectivity index (χ0) is 27.8. The molecule has 2 fully saturated rings. The molecule has 2 saturated heterocycles. The highest BCUT2D eigenvalue weighted by Crippen LogP contribution is 2.43. The molecule has 9 atom stereocenters. The number of ketones is 1. The Bertz CT molecular complexity index is 967. The summed E-state index contributed by atoms with van der Waals surface area (Å²) >= 11 is 0. The summed E-state index contributed by atoms with van der Waals surface area (Å²) in [5, 5.41) is 81.9. The highest BCUT2D eigenvalue weighted by Gasteiger charge is 2.47. The van der Waals surface area contributed by atoms with Crippen molar-refractivity contribution in [1.82, 2.24) is 0 Å². The molecule has 3 rings (SSSR count). The number of carbonyl (C=O) groups is 1. The van der Waals surface area contributed by atoms with Gasteiger partial charge in [-0.3, -0.25) is 4.79 Å². The molecule has 37 heavy (non-hydrogen) atoms. The smallest absolute Gasteiger partial charge is 0.229 e. The van der Waals surface area contributed by atoms with Crippen LogP contribution in [0.5, 0.6) is 17.2 Å². The number of hydrogen-bond acceptors (Lipinski definition) is 13. The second-order valence-electron chi connectivity index (χ2n) is 9.89. The SMILES string of the molecule is Cc1c(O)c(C)c(O[C@@H]2O[C@H](CO[C@@H]3OC[C@@H](O)[C@H](O)[C@H]3O)[C@@H](O)[C@H](O)[C@H]2O)c(C(=O)CC(C)C)c1O. The number of phenolic OH excluding ortho intramolecular Hbond substituents is 2. The van der Waals surface area contributed by atoms with Gasteiger partial charge >= 0.3 is 0 Å². The van der Waals surface area contributed by atoms with Crippen molar-refractivity contribution in [1.29, 1.82) is 0 Å². The van der Waals surface area contributed by atoms with E-state index in [1.807, 2.05) is 0 Å².